The second-order valence-corrected chi connectivity index (χ2v) is 5.10. The van der Waals surface area contributed by atoms with Crippen molar-refractivity contribution in [3.63, 3.8) is 0 Å². The summed E-state index contributed by atoms with van der Waals surface area (Å²) in [6, 6.07) is 0.987. The Balaban J connectivity index is 1.80. The van der Waals surface area contributed by atoms with E-state index in [-0.39, 0.29) is 6.10 Å². The summed E-state index contributed by atoms with van der Waals surface area (Å²) in [5.74, 6) is 0.894. The Morgan fingerprint density at radius 3 is 2.50 bits per heavy atom. The second-order valence-electron chi connectivity index (χ2n) is 5.10. The average Bonchev–Trinajstić information content (AvgIpc) is 2.95. The van der Waals surface area contributed by atoms with E-state index in [1.807, 2.05) is 0 Å². The Morgan fingerprint density at radius 2 is 1.79 bits per heavy atom. The monoisotopic (exact) mass is 197 g/mol. The molecule has 2 fully saturated rings. The van der Waals surface area contributed by atoms with Gasteiger partial charge >= 0.3 is 0 Å². The van der Waals surface area contributed by atoms with Crippen LogP contribution >= 0.6 is 0 Å². The highest BCUT2D eigenvalue weighted by Crippen LogP contribution is 2.33. The fraction of sp³-hybridized carbons (Fsp3) is 1.00. The van der Waals surface area contributed by atoms with Gasteiger partial charge in [-0.3, -0.25) is 0 Å². The van der Waals surface area contributed by atoms with Gasteiger partial charge in [-0.15, -0.1) is 0 Å². The highest BCUT2D eigenvalue weighted by Gasteiger charge is 2.31. The van der Waals surface area contributed by atoms with E-state index in [2.05, 4.69) is 12.2 Å². The smallest absolute Gasteiger partial charge is 0.0693 e. The lowest BCUT2D eigenvalue weighted by atomic mass is 10.0. The molecule has 2 aliphatic rings. The first-order chi connectivity index (χ1) is 6.77. The van der Waals surface area contributed by atoms with Crippen LogP contribution in [0.5, 0.6) is 0 Å². The zero-order valence-corrected chi connectivity index (χ0v) is 9.21. The van der Waals surface area contributed by atoms with E-state index in [9.17, 15) is 5.11 Å². The number of aliphatic hydroxyl groups is 1. The quantitative estimate of drug-likeness (QED) is 0.679. The Labute approximate surface area is 87.1 Å². The molecule has 0 bridgehead atoms. The minimum atomic E-state index is -0.0984. The minimum Gasteiger partial charge on any atom is -0.392 e. The zero-order chi connectivity index (χ0) is 9.97. The van der Waals surface area contributed by atoms with Crippen LogP contribution in [0, 0.1) is 5.92 Å². The van der Waals surface area contributed by atoms with Crippen LogP contribution in [-0.4, -0.2) is 23.3 Å². The standard InChI is InChI=1S/C12H23NO/c1-9(10-7-8-10)13-11-5-3-2-4-6-12(11)14/h9-14H,2-8H2,1H3. The van der Waals surface area contributed by atoms with E-state index in [1.165, 1.54) is 32.1 Å². The Hall–Kier alpha value is -0.0800. The van der Waals surface area contributed by atoms with Crippen LogP contribution in [0.15, 0.2) is 0 Å². The molecule has 0 saturated heterocycles. The van der Waals surface area contributed by atoms with Gasteiger partial charge in [0.05, 0.1) is 6.10 Å². The molecule has 0 aliphatic heterocycles. The van der Waals surface area contributed by atoms with Gasteiger partial charge in [0.2, 0.25) is 0 Å². The Kier molecular flexibility index (Phi) is 3.45. The van der Waals surface area contributed by atoms with Gasteiger partial charge < -0.3 is 10.4 Å². The predicted molar refractivity (Wildman–Crippen MR) is 58.2 cm³/mol. The van der Waals surface area contributed by atoms with Gasteiger partial charge in [-0.1, -0.05) is 19.3 Å². The molecule has 0 heterocycles. The van der Waals surface area contributed by atoms with E-state index < -0.39 is 0 Å². The third-order valence-corrected chi connectivity index (χ3v) is 3.79. The summed E-state index contributed by atoms with van der Waals surface area (Å²) in [6.45, 7) is 2.27. The summed E-state index contributed by atoms with van der Waals surface area (Å²) in [4.78, 5) is 0. The van der Waals surface area contributed by atoms with Crippen molar-refractivity contribution in [3.8, 4) is 0 Å². The van der Waals surface area contributed by atoms with Crippen molar-refractivity contribution >= 4 is 0 Å². The number of nitrogens with one attached hydrogen (secondary N) is 1. The number of rotatable bonds is 3. The van der Waals surface area contributed by atoms with Gasteiger partial charge in [-0.25, -0.2) is 0 Å². The van der Waals surface area contributed by atoms with Crippen LogP contribution in [0.3, 0.4) is 0 Å². The maximum absolute atomic E-state index is 9.94. The fourth-order valence-electron chi connectivity index (χ4n) is 2.55. The van der Waals surface area contributed by atoms with Gasteiger partial charge in [-0.05, 0) is 38.5 Å². The summed E-state index contributed by atoms with van der Waals surface area (Å²) in [5, 5.41) is 13.6. The highest BCUT2D eigenvalue weighted by molar-refractivity contribution is 4.88. The van der Waals surface area contributed by atoms with Crippen LogP contribution in [-0.2, 0) is 0 Å². The molecule has 0 aromatic carbocycles. The molecule has 0 radical (unpaired) electrons. The fourth-order valence-corrected chi connectivity index (χ4v) is 2.55. The van der Waals surface area contributed by atoms with E-state index in [0.717, 1.165) is 18.8 Å². The topological polar surface area (TPSA) is 32.3 Å². The van der Waals surface area contributed by atoms with Gasteiger partial charge in [-0.2, -0.15) is 0 Å². The third-order valence-electron chi connectivity index (χ3n) is 3.79. The first kappa shape index (κ1) is 10.4. The summed E-state index contributed by atoms with van der Waals surface area (Å²) in [6.07, 6.45) is 8.62. The SMILES string of the molecule is CC(NC1CCCCCC1O)C1CC1. The van der Waals surface area contributed by atoms with Gasteiger partial charge in [0, 0.05) is 12.1 Å². The van der Waals surface area contributed by atoms with E-state index >= 15 is 0 Å². The third kappa shape index (κ3) is 2.71. The second kappa shape index (κ2) is 4.63. The maximum Gasteiger partial charge on any atom is 0.0693 e. The molecule has 3 unspecified atom stereocenters. The van der Waals surface area contributed by atoms with Crippen molar-refractivity contribution in [3.05, 3.63) is 0 Å². The molecule has 0 spiro atoms. The molecule has 14 heavy (non-hydrogen) atoms. The predicted octanol–water partition coefficient (Wildman–Crippen LogP) is 2.07. The number of hydrogen-bond donors (Lipinski definition) is 2. The molecule has 0 amide bonds. The first-order valence-corrected chi connectivity index (χ1v) is 6.21. The summed E-state index contributed by atoms with van der Waals surface area (Å²) in [5.41, 5.74) is 0. The van der Waals surface area contributed by atoms with Crippen LogP contribution in [0.1, 0.15) is 51.9 Å². The summed E-state index contributed by atoms with van der Waals surface area (Å²) in [7, 11) is 0. The van der Waals surface area contributed by atoms with Gasteiger partial charge in [0.25, 0.3) is 0 Å². The molecular formula is C12H23NO. The number of hydrogen-bond acceptors (Lipinski definition) is 2. The van der Waals surface area contributed by atoms with Crippen molar-refractivity contribution in [2.75, 3.05) is 0 Å². The molecular weight excluding hydrogens is 174 g/mol. The Bertz CT molecular complexity index is 179. The molecule has 2 aliphatic carbocycles. The lowest BCUT2D eigenvalue weighted by molar-refractivity contribution is 0.113. The molecule has 82 valence electrons. The lowest BCUT2D eigenvalue weighted by Gasteiger charge is -2.25. The van der Waals surface area contributed by atoms with Gasteiger partial charge in [0.15, 0.2) is 0 Å². The van der Waals surface area contributed by atoms with Crippen molar-refractivity contribution in [1.82, 2.24) is 5.32 Å². The van der Waals surface area contributed by atoms with E-state index in [4.69, 9.17) is 0 Å². The van der Waals surface area contributed by atoms with Crippen LogP contribution in [0.25, 0.3) is 0 Å². The molecule has 2 heteroatoms. The number of aliphatic hydroxyl groups excluding tert-OH is 1. The molecule has 2 N–H and O–H groups in total. The molecule has 0 aromatic heterocycles. The van der Waals surface area contributed by atoms with Crippen LogP contribution < -0.4 is 5.32 Å². The van der Waals surface area contributed by atoms with Crippen molar-refractivity contribution in [2.45, 2.75) is 70.1 Å². The highest BCUT2D eigenvalue weighted by atomic mass is 16.3. The Morgan fingerprint density at radius 1 is 1.07 bits per heavy atom. The summed E-state index contributed by atoms with van der Waals surface area (Å²) >= 11 is 0. The van der Waals surface area contributed by atoms with E-state index in [0.29, 0.717) is 12.1 Å². The normalized spacial score (nSPS) is 36.4. The zero-order valence-electron chi connectivity index (χ0n) is 9.21. The largest absolute Gasteiger partial charge is 0.392 e. The molecule has 3 atom stereocenters. The van der Waals surface area contributed by atoms with Crippen LogP contribution in [0.2, 0.25) is 0 Å². The minimum absolute atomic E-state index is 0.0984. The molecule has 2 nitrogen and oxygen atoms in total. The molecule has 2 saturated carbocycles. The van der Waals surface area contributed by atoms with Crippen molar-refractivity contribution < 1.29 is 5.11 Å². The van der Waals surface area contributed by atoms with Crippen molar-refractivity contribution in [2.24, 2.45) is 5.92 Å². The molecule has 0 aromatic rings. The first-order valence-electron chi connectivity index (χ1n) is 6.21. The maximum atomic E-state index is 9.94. The lowest BCUT2D eigenvalue weighted by Crippen LogP contribution is -2.44. The average molecular weight is 197 g/mol. The molecule has 2 rings (SSSR count). The summed E-state index contributed by atoms with van der Waals surface area (Å²) < 4.78 is 0. The van der Waals surface area contributed by atoms with E-state index in [1.54, 1.807) is 0 Å². The van der Waals surface area contributed by atoms with Crippen LogP contribution in [0.4, 0.5) is 0 Å². The van der Waals surface area contributed by atoms with Crippen molar-refractivity contribution in [1.29, 1.82) is 0 Å². The van der Waals surface area contributed by atoms with Gasteiger partial charge in [0.1, 0.15) is 0 Å².